The van der Waals surface area contributed by atoms with E-state index in [0.29, 0.717) is 18.7 Å². The standard InChI is InChI=1S/C28H26F5NO/c29-23-9-3-20(4-10-23)27(21-5-11-24(30)12-6-21)2-1-17-34-18-15-26(16-19-34)35-25-13-7-22(8-14-25)28(31,32)33/h3-15,27H,1-2,16-19H2. The van der Waals surface area contributed by atoms with Crippen molar-refractivity contribution in [3.63, 3.8) is 0 Å². The van der Waals surface area contributed by atoms with Gasteiger partial charge >= 0.3 is 6.18 Å². The second-order valence-electron chi connectivity index (χ2n) is 8.64. The van der Waals surface area contributed by atoms with Gasteiger partial charge in [0.25, 0.3) is 0 Å². The van der Waals surface area contributed by atoms with E-state index in [-0.39, 0.29) is 17.6 Å². The van der Waals surface area contributed by atoms with E-state index in [1.165, 1.54) is 36.4 Å². The molecule has 0 spiro atoms. The molecule has 7 heteroatoms. The van der Waals surface area contributed by atoms with E-state index in [1.54, 1.807) is 24.3 Å². The van der Waals surface area contributed by atoms with E-state index in [9.17, 15) is 22.0 Å². The minimum Gasteiger partial charge on any atom is -0.462 e. The summed E-state index contributed by atoms with van der Waals surface area (Å²) in [5.41, 5.74) is 1.28. The zero-order valence-electron chi connectivity index (χ0n) is 19.1. The molecule has 184 valence electrons. The van der Waals surface area contributed by atoms with Crippen LogP contribution >= 0.6 is 0 Å². The Morgan fingerprint density at radius 3 is 1.86 bits per heavy atom. The molecule has 0 unspecified atom stereocenters. The number of halogens is 5. The molecule has 0 saturated carbocycles. The lowest BCUT2D eigenvalue weighted by Crippen LogP contribution is -2.30. The van der Waals surface area contributed by atoms with Crippen LogP contribution in [0.4, 0.5) is 22.0 Å². The van der Waals surface area contributed by atoms with E-state index in [4.69, 9.17) is 4.74 Å². The molecule has 0 atom stereocenters. The minimum absolute atomic E-state index is 0.0371. The molecule has 3 aromatic rings. The lowest BCUT2D eigenvalue weighted by Gasteiger charge is -2.27. The number of rotatable bonds is 8. The zero-order chi connectivity index (χ0) is 24.8. The summed E-state index contributed by atoms with van der Waals surface area (Å²) in [5.74, 6) is 0.591. The number of hydrogen-bond donors (Lipinski definition) is 0. The lowest BCUT2D eigenvalue weighted by molar-refractivity contribution is -0.137. The Hall–Kier alpha value is -3.19. The molecule has 2 nitrogen and oxygen atoms in total. The third kappa shape index (κ3) is 6.92. The summed E-state index contributed by atoms with van der Waals surface area (Å²) in [7, 11) is 0. The molecule has 4 rings (SSSR count). The van der Waals surface area contributed by atoms with Gasteiger partial charge in [0.05, 0.1) is 5.56 Å². The second-order valence-corrected chi connectivity index (χ2v) is 8.64. The van der Waals surface area contributed by atoms with Crippen LogP contribution in [0.1, 0.15) is 41.9 Å². The highest BCUT2D eigenvalue weighted by atomic mass is 19.4. The molecule has 1 aliphatic rings. The third-order valence-corrected chi connectivity index (χ3v) is 6.19. The highest BCUT2D eigenvalue weighted by molar-refractivity contribution is 5.33. The van der Waals surface area contributed by atoms with Crippen molar-refractivity contribution >= 4 is 0 Å². The number of ether oxygens (including phenoxy) is 1. The molecule has 0 saturated heterocycles. The molecule has 0 aliphatic carbocycles. The van der Waals surface area contributed by atoms with Crippen LogP contribution in [-0.4, -0.2) is 24.5 Å². The van der Waals surface area contributed by atoms with Crippen LogP contribution in [0.15, 0.2) is 84.6 Å². The summed E-state index contributed by atoms with van der Waals surface area (Å²) in [6.45, 7) is 2.32. The fourth-order valence-electron chi connectivity index (χ4n) is 4.29. The fraction of sp³-hybridized carbons (Fsp3) is 0.286. The summed E-state index contributed by atoms with van der Waals surface area (Å²) >= 11 is 0. The van der Waals surface area contributed by atoms with Gasteiger partial charge in [-0.3, -0.25) is 4.90 Å². The normalized spacial score (nSPS) is 14.7. The molecule has 0 amide bonds. The lowest BCUT2D eigenvalue weighted by atomic mass is 9.87. The van der Waals surface area contributed by atoms with Gasteiger partial charge in [0.15, 0.2) is 0 Å². The van der Waals surface area contributed by atoms with E-state index in [1.807, 2.05) is 6.08 Å². The van der Waals surface area contributed by atoms with Gasteiger partial charge in [0.1, 0.15) is 23.1 Å². The molecule has 0 bridgehead atoms. The van der Waals surface area contributed by atoms with Crippen LogP contribution in [-0.2, 0) is 6.18 Å². The van der Waals surface area contributed by atoms with Crippen LogP contribution in [0.5, 0.6) is 5.75 Å². The van der Waals surface area contributed by atoms with Gasteiger partial charge in [-0.2, -0.15) is 13.2 Å². The first-order chi connectivity index (χ1) is 16.8. The highest BCUT2D eigenvalue weighted by Gasteiger charge is 2.30. The molecular formula is C28H26F5NO. The van der Waals surface area contributed by atoms with E-state index >= 15 is 0 Å². The number of alkyl halides is 3. The van der Waals surface area contributed by atoms with Gasteiger partial charge in [-0.25, -0.2) is 8.78 Å². The maximum atomic E-state index is 13.4. The predicted octanol–water partition coefficient (Wildman–Crippen LogP) is 7.56. The van der Waals surface area contributed by atoms with Crippen molar-refractivity contribution in [3.05, 3.63) is 113 Å². The van der Waals surface area contributed by atoms with Crippen LogP contribution in [0.25, 0.3) is 0 Å². The molecule has 3 aromatic carbocycles. The SMILES string of the molecule is Fc1ccc(C(CCCN2CC=C(Oc3ccc(C(F)(F)F)cc3)CC2)c2ccc(F)cc2)cc1. The number of hydrogen-bond acceptors (Lipinski definition) is 2. The van der Waals surface area contributed by atoms with Gasteiger partial charge in [-0.15, -0.1) is 0 Å². The van der Waals surface area contributed by atoms with Crippen molar-refractivity contribution in [2.24, 2.45) is 0 Å². The summed E-state index contributed by atoms with van der Waals surface area (Å²) in [5, 5.41) is 0. The van der Waals surface area contributed by atoms with Gasteiger partial charge < -0.3 is 4.74 Å². The Kier molecular flexibility index (Phi) is 7.86. The second kappa shape index (κ2) is 11.0. The Bertz CT molecular complexity index is 1080. The Morgan fingerprint density at radius 2 is 1.37 bits per heavy atom. The maximum Gasteiger partial charge on any atom is 0.416 e. The predicted molar refractivity (Wildman–Crippen MR) is 125 cm³/mol. The zero-order valence-corrected chi connectivity index (χ0v) is 19.1. The third-order valence-electron chi connectivity index (χ3n) is 6.19. The Balaban J connectivity index is 1.31. The largest absolute Gasteiger partial charge is 0.462 e. The first kappa shape index (κ1) is 24.9. The fourth-order valence-corrected chi connectivity index (χ4v) is 4.29. The first-order valence-electron chi connectivity index (χ1n) is 11.6. The van der Waals surface area contributed by atoms with Gasteiger partial charge in [-0.05, 0) is 85.1 Å². The van der Waals surface area contributed by atoms with E-state index < -0.39 is 11.7 Å². The monoisotopic (exact) mass is 487 g/mol. The van der Waals surface area contributed by atoms with Crippen molar-refractivity contribution < 1.29 is 26.7 Å². The van der Waals surface area contributed by atoms with Crippen molar-refractivity contribution in [3.8, 4) is 5.75 Å². The molecule has 1 heterocycles. The van der Waals surface area contributed by atoms with Crippen molar-refractivity contribution in [1.29, 1.82) is 0 Å². The molecule has 0 fully saturated rings. The minimum atomic E-state index is -4.37. The average molecular weight is 488 g/mol. The van der Waals surface area contributed by atoms with E-state index in [2.05, 4.69) is 4.90 Å². The van der Waals surface area contributed by atoms with Crippen LogP contribution in [0.2, 0.25) is 0 Å². The van der Waals surface area contributed by atoms with Crippen molar-refractivity contribution in [2.75, 3.05) is 19.6 Å². The molecule has 0 N–H and O–H groups in total. The molecule has 0 aromatic heterocycles. The van der Waals surface area contributed by atoms with Crippen LogP contribution in [0, 0.1) is 11.6 Å². The van der Waals surface area contributed by atoms with Crippen molar-refractivity contribution in [1.82, 2.24) is 4.90 Å². The summed E-state index contributed by atoms with van der Waals surface area (Å²) in [6.07, 6.45) is -0.0245. The summed E-state index contributed by atoms with van der Waals surface area (Å²) in [6, 6.07) is 17.6. The van der Waals surface area contributed by atoms with Crippen molar-refractivity contribution in [2.45, 2.75) is 31.4 Å². The molecule has 35 heavy (non-hydrogen) atoms. The number of nitrogens with zero attached hydrogens (tertiary/aromatic N) is 1. The molecular weight excluding hydrogens is 461 g/mol. The summed E-state index contributed by atoms with van der Waals surface area (Å²) in [4.78, 5) is 2.28. The van der Waals surface area contributed by atoms with Crippen LogP contribution in [0.3, 0.4) is 0 Å². The Labute approximate surface area is 201 Å². The van der Waals surface area contributed by atoms with Gasteiger partial charge in [0, 0.05) is 25.4 Å². The smallest absolute Gasteiger partial charge is 0.416 e. The topological polar surface area (TPSA) is 12.5 Å². The first-order valence-corrected chi connectivity index (χ1v) is 11.6. The van der Waals surface area contributed by atoms with Gasteiger partial charge in [0.2, 0.25) is 0 Å². The maximum absolute atomic E-state index is 13.4. The number of benzene rings is 3. The quantitative estimate of drug-likeness (QED) is 0.304. The highest BCUT2D eigenvalue weighted by Crippen LogP contribution is 2.32. The van der Waals surface area contributed by atoms with Crippen LogP contribution < -0.4 is 4.74 Å². The Morgan fingerprint density at radius 1 is 0.800 bits per heavy atom. The van der Waals surface area contributed by atoms with Gasteiger partial charge in [-0.1, -0.05) is 24.3 Å². The average Bonchev–Trinajstić information content (AvgIpc) is 2.84. The van der Waals surface area contributed by atoms with E-state index in [0.717, 1.165) is 54.9 Å². The summed E-state index contributed by atoms with van der Waals surface area (Å²) < 4.78 is 70.7. The molecule has 0 radical (unpaired) electrons. The molecule has 1 aliphatic heterocycles.